The van der Waals surface area contributed by atoms with Crippen molar-refractivity contribution in [3.05, 3.63) is 35.4 Å². The normalized spacial score (nSPS) is 15.1. The molecule has 2 atom stereocenters. The molecular formula is C28H46O4. The maximum Gasteiger partial charge on any atom is 0.313 e. The molecule has 0 saturated carbocycles. The van der Waals surface area contributed by atoms with Gasteiger partial charge < -0.3 is 10.2 Å². The molecule has 2 unspecified atom stereocenters. The van der Waals surface area contributed by atoms with Crippen molar-refractivity contribution >= 4 is 11.9 Å². The van der Waals surface area contributed by atoms with Gasteiger partial charge in [0.1, 0.15) is 0 Å². The summed E-state index contributed by atoms with van der Waals surface area (Å²) in [6.07, 6.45) is 14.2. The van der Waals surface area contributed by atoms with Crippen LogP contribution in [0.1, 0.15) is 129 Å². The smallest absolute Gasteiger partial charge is 0.313 e. The molecule has 1 aromatic rings. The van der Waals surface area contributed by atoms with Crippen LogP contribution >= 0.6 is 0 Å². The number of carboxylic acids is 2. The fraction of sp³-hybridized carbons (Fsp3) is 0.714. The molecule has 0 amide bonds. The Morgan fingerprint density at radius 3 is 1.25 bits per heavy atom. The molecule has 0 spiro atoms. The van der Waals surface area contributed by atoms with Crippen molar-refractivity contribution in [2.45, 2.75) is 128 Å². The molecule has 1 aromatic carbocycles. The first-order valence-corrected chi connectivity index (χ1v) is 12.8. The molecular weight excluding hydrogens is 400 g/mol. The lowest BCUT2D eigenvalue weighted by Gasteiger charge is -2.34. The standard InChI is InChI=1S/C28H46O4/c1-5-7-9-11-13-17-21-27(3,25(29)30)23-19-15-16-20-24(23)28(4,26(31)32)22-18-14-12-10-8-6-2/h15-16,19-20H,5-14,17-18,21-22H2,1-4H3,(H,29,30)(H,31,32). The second-order valence-corrected chi connectivity index (χ2v) is 9.86. The monoisotopic (exact) mass is 446 g/mol. The Hall–Kier alpha value is -1.84. The van der Waals surface area contributed by atoms with E-state index in [2.05, 4.69) is 13.8 Å². The van der Waals surface area contributed by atoms with E-state index in [-0.39, 0.29) is 0 Å². The number of benzene rings is 1. The highest BCUT2D eigenvalue weighted by molar-refractivity contribution is 5.85. The Bertz CT molecular complexity index is 639. The van der Waals surface area contributed by atoms with E-state index in [0.717, 1.165) is 38.5 Å². The van der Waals surface area contributed by atoms with Crippen LogP contribution in [0.3, 0.4) is 0 Å². The van der Waals surface area contributed by atoms with Crippen molar-refractivity contribution < 1.29 is 19.8 Å². The zero-order valence-electron chi connectivity index (χ0n) is 20.9. The molecule has 0 aliphatic heterocycles. The summed E-state index contributed by atoms with van der Waals surface area (Å²) in [7, 11) is 0. The fourth-order valence-corrected chi connectivity index (χ4v) is 4.68. The molecule has 0 aliphatic rings. The Labute approximate surface area is 195 Å². The van der Waals surface area contributed by atoms with E-state index in [4.69, 9.17) is 0 Å². The van der Waals surface area contributed by atoms with Crippen LogP contribution in [0.4, 0.5) is 0 Å². The molecule has 0 aliphatic carbocycles. The second kappa shape index (κ2) is 14.3. The largest absolute Gasteiger partial charge is 0.481 e. The van der Waals surface area contributed by atoms with Crippen molar-refractivity contribution in [1.82, 2.24) is 0 Å². The summed E-state index contributed by atoms with van der Waals surface area (Å²) in [6, 6.07) is 7.36. The third-order valence-electron chi connectivity index (χ3n) is 7.12. The molecule has 4 heteroatoms. The second-order valence-electron chi connectivity index (χ2n) is 9.86. The molecule has 32 heavy (non-hydrogen) atoms. The lowest BCUT2D eigenvalue weighted by Crippen LogP contribution is -2.39. The van der Waals surface area contributed by atoms with Crippen molar-refractivity contribution in [2.75, 3.05) is 0 Å². The van der Waals surface area contributed by atoms with Gasteiger partial charge in [-0.3, -0.25) is 9.59 Å². The summed E-state index contributed by atoms with van der Waals surface area (Å²) in [5.74, 6) is -1.74. The molecule has 0 bridgehead atoms. The first-order chi connectivity index (χ1) is 15.2. The Balaban J connectivity index is 3.07. The third-order valence-corrected chi connectivity index (χ3v) is 7.12. The van der Waals surface area contributed by atoms with Gasteiger partial charge in [-0.15, -0.1) is 0 Å². The minimum Gasteiger partial charge on any atom is -0.481 e. The molecule has 0 radical (unpaired) electrons. The molecule has 1 rings (SSSR count). The molecule has 0 heterocycles. The van der Waals surface area contributed by atoms with Crippen molar-refractivity contribution in [1.29, 1.82) is 0 Å². The highest BCUT2D eigenvalue weighted by atomic mass is 16.4. The summed E-state index contributed by atoms with van der Waals surface area (Å²) < 4.78 is 0. The zero-order chi connectivity index (χ0) is 24.0. The van der Waals surface area contributed by atoms with Crippen LogP contribution in [-0.4, -0.2) is 22.2 Å². The van der Waals surface area contributed by atoms with E-state index in [9.17, 15) is 19.8 Å². The highest BCUT2D eigenvalue weighted by Crippen LogP contribution is 2.40. The van der Waals surface area contributed by atoms with Crippen LogP contribution in [0.5, 0.6) is 0 Å². The first-order valence-electron chi connectivity index (χ1n) is 12.8. The van der Waals surface area contributed by atoms with Crippen LogP contribution in [-0.2, 0) is 20.4 Å². The lowest BCUT2D eigenvalue weighted by molar-refractivity contribution is -0.145. The quantitative estimate of drug-likeness (QED) is 0.225. The summed E-state index contributed by atoms with van der Waals surface area (Å²) in [5.41, 5.74) is -0.841. The number of hydrogen-bond donors (Lipinski definition) is 2. The van der Waals surface area contributed by atoms with Gasteiger partial charge in [0.05, 0.1) is 10.8 Å². The molecule has 0 saturated heterocycles. The number of aliphatic carboxylic acids is 2. The summed E-state index contributed by atoms with van der Waals surface area (Å²) >= 11 is 0. The van der Waals surface area contributed by atoms with Crippen LogP contribution in [0.2, 0.25) is 0 Å². The molecule has 0 fully saturated rings. The summed E-state index contributed by atoms with van der Waals surface area (Å²) in [6.45, 7) is 7.91. The molecule has 2 N–H and O–H groups in total. The van der Waals surface area contributed by atoms with E-state index in [1.165, 1.54) is 38.5 Å². The van der Waals surface area contributed by atoms with Gasteiger partial charge in [-0.2, -0.15) is 0 Å². The van der Waals surface area contributed by atoms with E-state index in [1.54, 1.807) is 13.8 Å². The van der Waals surface area contributed by atoms with Gasteiger partial charge in [0.2, 0.25) is 0 Å². The molecule has 182 valence electrons. The maximum atomic E-state index is 12.5. The minimum atomic E-state index is -1.08. The van der Waals surface area contributed by atoms with Gasteiger partial charge in [0, 0.05) is 0 Å². The van der Waals surface area contributed by atoms with Crippen LogP contribution in [0.15, 0.2) is 24.3 Å². The number of rotatable bonds is 18. The van der Waals surface area contributed by atoms with E-state index >= 15 is 0 Å². The Morgan fingerprint density at radius 1 is 0.625 bits per heavy atom. The van der Waals surface area contributed by atoms with E-state index < -0.39 is 22.8 Å². The predicted octanol–water partition coefficient (Wildman–Crippen LogP) is 7.87. The first kappa shape index (κ1) is 28.2. The minimum absolute atomic E-state index is 0.526. The van der Waals surface area contributed by atoms with Crippen LogP contribution in [0.25, 0.3) is 0 Å². The molecule has 0 aromatic heterocycles. The Kier molecular flexibility index (Phi) is 12.6. The van der Waals surface area contributed by atoms with Gasteiger partial charge in [0.25, 0.3) is 0 Å². The summed E-state index contributed by atoms with van der Waals surface area (Å²) in [4.78, 5) is 24.9. The predicted molar refractivity (Wildman–Crippen MR) is 132 cm³/mol. The Morgan fingerprint density at radius 2 is 0.938 bits per heavy atom. The van der Waals surface area contributed by atoms with Crippen molar-refractivity contribution in [2.24, 2.45) is 0 Å². The van der Waals surface area contributed by atoms with Crippen molar-refractivity contribution in [3.63, 3.8) is 0 Å². The van der Waals surface area contributed by atoms with Gasteiger partial charge in [-0.1, -0.05) is 115 Å². The fourth-order valence-electron chi connectivity index (χ4n) is 4.68. The molecule has 4 nitrogen and oxygen atoms in total. The lowest BCUT2D eigenvalue weighted by atomic mass is 9.68. The summed E-state index contributed by atoms with van der Waals surface area (Å²) in [5, 5.41) is 20.4. The zero-order valence-corrected chi connectivity index (χ0v) is 20.9. The van der Waals surface area contributed by atoms with Crippen LogP contribution < -0.4 is 0 Å². The van der Waals surface area contributed by atoms with Crippen molar-refractivity contribution in [3.8, 4) is 0 Å². The number of unbranched alkanes of at least 4 members (excludes halogenated alkanes) is 10. The van der Waals surface area contributed by atoms with E-state index in [1.807, 2.05) is 24.3 Å². The topological polar surface area (TPSA) is 74.6 Å². The van der Waals surface area contributed by atoms with Gasteiger partial charge in [-0.25, -0.2) is 0 Å². The number of carbonyl (C=O) groups is 2. The SMILES string of the molecule is CCCCCCCCC(C)(C(=O)O)c1ccccc1C(C)(CCCCCCCC)C(=O)O. The third kappa shape index (κ3) is 7.94. The number of carboxylic acid groups (broad SMARTS) is 2. The average Bonchev–Trinajstić information content (AvgIpc) is 2.77. The average molecular weight is 447 g/mol. The highest BCUT2D eigenvalue weighted by Gasteiger charge is 2.43. The maximum absolute atomic E-state index is 12.5. The van der Waals surface area contributed by atoms with Crippen LogP contribution in [0, 0.1) is 0 Å². The van der Waals surface area contributed by atoms with Gasteiger partial charge >= 0.3 is 11.9 Å². The van der Waals surface area contributed by atoms with Gasteiger partial charge in [0.15, 0.2) is 0 Å². The van der Waals surface area contributed by atoms with E-state index in [0.29, 0.717) is 24.0 Å². The number of hydrogen-bond acceptors (Lipinski definition) is 2. The van der Waals surface area contributed by atoms with Gasteiger partial charge in [-0.05, 0) is 37.8 Å².